The summed E-state index contributed by atoms with van der Waals surface area (Å²) in [6.45, 7) is 1.41. The summed E-state index contributed by atoms with van der Waals surface area (Å²) >= 11 is 0. The van der Waals surface area contributed by atoms with Gasteiger partial charge in [-0.15, -0.1) is 0 Å². The second-order valence-electron chi connectivity index (χ2n) is 6.70. The lowest BCUT2D eigenvalue weighted by atomic mass is 10.2. The topological polar surface area (TPSA) is 82.1 Å². The number of sulfonamides is 1. The number of nitrogens with zero attached hydrogens (tertiary/aromatic N) is 1. The van der Waals surface area contributed by atoms with E-state index >= 15 is 0 Å². The number of hydrogen-bond acceptors (Lipinski definition) is 6. The molecule has 1 saturated heterocycles. The Labute approximate surface area is 182 Å². The number of ether oxygens (including phenoxy) is 3. The molecule has 3 rings (SSSR count). The number of rotatable bonds is 8. The van der Waals surface area contributed by atoms with Gasteiger partial charge in [0, 0.05) is 19.2 Å². The average Bonchev–Trinajstić information content (AvgIpc) is 2.81. The molecule has 0 atom stereocenters. The first-order chi connectivity index (χ1) is 15.0. The zero-order valence-corrected chi connectivity index (χ0v) is 18.1. The molecule has 0 N–H and O–H groups in total. The van der Waals surface area contributed by atoms with Gasteiger partial charge < -0.3 is 14.2 Å². The van der Waals surface area contributed by atoms with Crippen molar-refractivity contribution < 1.29 is 27.4 Å². The summed E-state index contributed by atoms with van der Waals surface area (Å²) in [7, 11) is -2.32. The lowest BCUT2D eigenvalue weighted by molar-refractivity contribution is -0.136. The molecule has 0 amide bonds. The van der Waals surface area contributed by atoms with E-state index in [1.54, 1.807) is 18.2 Å². The molecule has 0 spiro atoms. The van der Waals surface area contributed by atoms with E-state index < -0.39 is 16.0 Å². The summed E-state index contributed by atoms with van der Waals surface area (Å²) in [6, 6.07) is 14.4. The molecule has 2 aromatic carbocycles. The Bertz CT molecular complexity index is 1040. The van der Waals surface area contributed by atoms with Gasteiger partial charge in [-0.1, -0.05) is 42.5 Å². The monoisotopic (exact) mass is 443 g/mol. The normalized spacial score (nSPS) is 15.4. The Balaban J connectivity index is 1.65. The van der Waals surface area contributed by atoms with E-state index in [0.29, 0.717) is 18.8 Å². The van der Waals surface area contributed by atoms with Crippen molar-refractivity contribution in [2.75, 3.05) is 40.0 Å². The second kappa shape index (κ2) is 10.9. The average molecular weight is 444 g/mol. The van der Waals surface area contributed by atoms with E-state index in [2.05, 4.69) is 0 Å². The van der Waals surface area contributed by atoms with Crippen molar-refractivity contribution in [3.05, 3.63) is 71.8 Å². The first-order valence-corrected chi connectivity index (χ1v) is 11.3. The highest BCUT2D eigenvalue weighted by molar-refractivity contribution is 7.89. The highest BCUT2D eigenvalue weighted by atomic mass is 32.2. The number of hydrogen-bond donors (Lipinski definition) is 0. The van der Waals surface area contributed by atoms with E-state index in [-0.39, 0.29) is 30.3 Å². The Morgan fingerprint density at radius 2 is 1.81 bits per heavy atom. The SMILES string of the molecule is COc1ccc(/C=C/C(=O)OC/C=C/c2ccccc2)cc1S(=O)(=O)N1CCOCC1. The van der Waals surface area contributed by atoms with Gasteiger partial charge in [-0.05, 0) is 35.4 Å². The summed E-state index contributed by atoms with van der Waals surface area (Å²) in [5.41, 5.74) is 1.56. The van der Waals surface area contributed by atoms with Crippen LogP contribution in [0.4, 0.5) is 0 Å². The van der Waals surface area contributed by atoms with Crippen LogP contribution < -0.4 is 4.74 Å². The standard InChI is InChI=1S/C23H25NO6S/c1-28-21-11-9-20(18-22(21)31(26,27)24-13-16-29-17-14-24)10-12-23(25)30-15-5-8-19-6-3-2-4-7-19/h2-12,18H,13-17H2,1H3/b8-5+,12-10+. The Hall–Kier alpha value is -2.94. The number of carbonyl (C=O) groups is 1. The number of esters is 1. The van der Waals surface area contributed by atoms with Gasteiger partial charge in [-0.2, -0.15) is 4.31 Å². The first kappa shape index (κ1) is 22.7. The van der Waals surface area contributed by atoms with Crippen molar-refractivity contribution in [2.24, 2.45) is 0 Å². The maximum absolute atomic E-state index is 13.0. The molecule has 1 aliphatic heterocycles. The van der Waals surface area contributed by atoms with E-state index in [0.717, 1.165) is 5.56 Å². The van der Waals surface area contributed by atoms with E-state index in [1.807, 2.05) is 36.4 Å². The molecule has 164 valence electrons. The second-order valence-corrected chi connectivity index (χ2v) is 8.61. The zero-order chi connectivity index (χ0) is 22.1. The molecular weight excluding hydrogens is 418 g/mol. The van der Waals surface area contributed by atoms with Crippen LogP contribution in [0.3, 0.4) is 0 Å². The van der Waals surface area contributed by atoms with Crippen molar-refractivity contribution >= 4 is 28.1 Å². The first-order valence-electron chi connectivity index (χ1n) is 9.83. The Morgan fingerprint density at radius 3 is 2.52 bits per heavy atom. The molecule has 31 heavy (non-hydrogen) atoms. The maximum atomic E-state index is 13.0. The van der Waals surface area contributed by atoms with Crippen LogP contribution in [0.15, 0.2) is 65.6 Å². The van der Waals surface area contributed by atoms with E-state index in [4.69, 9.17) is 14.2 Å². The van der Waals surface area contributed by atoms with Gasteiger partial charge in [0.25, 0.3) is 0 Å². The molecule has 1 fully saturated rings. The molecule has 7 nitrogen and oxygen atoms in total. The third-order valence-corrected chi connectivity index (χ3v) is 6.54. The molecule has 0 saturated carbocycles. The van der Waals surface area contributed by atoms with Crippen LogP contribution in [-0.2, 0) is 24.3 Å². The van der Waals surface area contributed by atoms with Gasteiger partial charge in [0.1, 0.15) is 17.3 Å². The number of morpholine rings is 1. The van der Waals surface area contributed by atoms with Crippen molar-refractivity contribution in [3.63, 3.8) is 0 Å². The van der Waals surface area contributed by atoms with E-state index in [9.17, 15) is 13.2 Å². The van der Waals surface area contributed by atoms with Crippen LogP contribution in [0.1, 0.15) is 11.1 Å². The minimum Gasteiger partial charge on any atom is -0.495 e. The summed E-state index contributed by atoms with van der Waals surface area (Å²) in [6.07, 6.45) is 6.40. The third-order valence-electron chi connectivity index (χ3n) is 4.62. The molecule has 1 heterocycles. The Kier molecular flexibility index (Phi) is 8.00. The largest absolute Gasteiger partial charge is 0.495 e. The highest BCUT2D eigenvalue weighted by Gasteiger charge is 2.29. The zero-order valence-electron chi connectivity index (χ0n) is 17.3. The summed E-state index contributed by atoms with van der Waals surface area (Å²) in [5.74, 6) is -0.275. The van der Waals surface area contributed by atoms with Crippen LogP contribution in [0.25, 0.3) is 12.2 Å². The van der Waals surface area contributed by atoms with Gasteiger partial charge >= 0.3 is 5.97 Å². The smallest absolute Gasteiger partial charge is 0.331 e. The van der Waals surface area contributed by atoms with Crippen molar-refractivity contribution in [3.8, 4) is 5.75 Å². The minimum atomic E-state index is -3.74. The van der Waals surface area contributed by atoms with Gasteiger partial charge in [-0.3, -0.25) is 0 Å². The van der Waals surface area contributed by atoms with Crippen LogP contribution in [-0.4, -0.2) is 58.7 Å². The lowest BCUT2D eigenvalue weighted by Crippen LogP contribution is -2.40. The quantitative estimate of drug-likeness (QED) is 0.461. The molecule has 0 aliphatic carbocycles. The van der Waals surface area contributed by atoms with Crippen molar-refractivity contribution in [2.45, 2.75) is 4.90 Å². The van der Waals surface area contributed by atoms with Crippen molar-refractivity contribution in [1.29, 1.82) is 0 Å². The van der Waals surface area contributed by atoms with Gasteiger partial charge in [-0.25, -0.2) is 13.2 Å². The number of methoxy groups -OCH3 is 1. The molecule has 0 aromatic heterocycles. The molecule has 8 heteroatoms. The predicted octanol–water partition coefficient (Wildman–Crippen LogP) is 2.99. The number of benzene rings is 2. The van der Waals surface area contributed by atoms with Gasteiger partial charge in [0.15, 0.2) is 0 Å². The molecule has 1 aliphatic rings. The molecule has 0 bridgehead atoms. The molecule has 2 aromatic rings. The Morgan fingerprint density at radius 1 is 1.06 bits per heavy atom. The fraction of sp³-hybridized carbons (Fsp3) is 0.261. The fourth-order valence-electron chi connectivity index (χ4n) is 3.02. The van der Waals surface area contributed by atoms with E-state index in [1.165, 1.54) is 29.6 Å². The van der Waals surface area contributed by atoms with Crippen molar-refractivity contribution in [1.82, 2.24) is 4.31 Å². The van der Waals surface area contributed by atoms with Crippen LogP contribution in [0, 0.1) is 0 Å². The molecular formula is C23H25NO6S. The van der Waals surface area contributed by atoms with Crippen LogP contribution >= 0.6 is 0 Å². The van der Waals surface area contributed by atoms with Gasteiger partial charge in [0.2, 0.25) is 10.0 Å². The predicted molar refractivity (Wildman–Crippen MR) is 118 cm³/mol. The van der Waals surface area contributed by atoms with Gasteiger partial charge in [0.05, 0.1) is 20.3 Å². The minimum absolute atomic E-state index is 0.0539. The highest BCUT2D eigenvalue weighted by Crippen LogP contribution is 2.28. The summed E-state index contributed by atoms with van der Waals surface area (Å²) < 4.78 is 43.0. The maximum Gasteiger partial charge on any atom is 0.331 e. The summed E-state index contributed by atoms with van der Waals surface area (Å²) in [5, 5.41) is 0. The number of carbonyl (C=O) groups excluding carboxylic acids is 1. The lowest BCUT2D eigenvalue weighted by Gasteiger charge is -2.26. The molecule has 0 unspecified atom stereocenters. The van der Waals surface area contributed by atoms with Crippen LogP contribution in [0.2, 0.25) is 0 Å². The summed E-state index contributed by atoms with van der Waals surface area (Å²) in [4.78, 5) is 12.0. The third kappa shape index (κ3) is 6.27. The fourth-order valence-corrected chi connectivity index (χ4v) is 4.61. The molecule has 0 radical (unpaired) electrons. The van der Waals surface area contributed by atoms with Crippen LogP contribution in [0.5, 0.6) is 5.75 Å².